The van der Waals surface area contributed by atoms with Crippen LogP contribution in [0, 0.1) is 18.3 Å². The number of thiophene rings is 1. The van der Waals surface area contributed by atoms with Gasteiger partial charge in [-0.05, 0) is 43.1 Å². The number of nitrogens with zero attached hydrogens (tertiary/aromatic N) is 2. The van der Waals surface area contributed by atoms with E-state index < -0.39 is 0 Å². The second-order valence-electron chi connectivity index (χ2n) is 7.93. The van der Waals surface area contributed by atoms with Gasteiger partial charge in [-0.1, -0.05) is 43.9 Å². The minimum Gasteiger partial charge on any atom is -0.465 e. The number of aryl methyl sites for hydroxylation is 1. The summed E-state index contributed by atoms with van der Waals surface area (Å²) in [6, 6.07) is 0. The third-order valence-corrected chi connectivity index (χ3v) is 8.11. The molecule has 0 aromatic carbocycles. The normalized spacial score (nSPS) is 16.5. The number of fused-ring (bicyclic) bond motifs is 1. The van der Waals surface area contributed by atoms with E-state index in [2.05, 4.69) is 36.3 Å². The third-order valence-electron chi connectivity index (χ3n) is 4.97. The standard InChI is InChI=1S/C19H25N3O3S3/c1-10-21-22-18(27-10)26-9-14(23)20-16-15(17(24)25-5)12-7-6-11(19(2,3)4)8-13(12)28-16/h11H,6-9H2,1-5H3,(H,20,23)/t11-/m0/s1. The largest absolute Gasteiger partial charge is 0.465 e. The van der Waals surface area contributed by atoms with Crippen LogP contribution in [0.25, 0.3) is 0 Å². The number of carbonyl (C=O) groups is 2. The highest BCUT2D eigenvalue weighted by molar-refractivity contribution is 8.01. The van der Waals surface area contributed by atoms with Gasteiger partial charge in [-0.15, -0.1) is 21.5 Å². The predicted octanol–water partition coefficient (Wildman–Crippen LogP) is 4.58. The number of hydrogen-bond donors (Lipinski definition) is 1. The molecule has 0 spiro atoms. The summed E-state index contributed by atoms with van der Waals surface area (Å²) < 4.78 is 5.77. The summed E-state index contributed by atoms with van der Waals surface area (Å²) in [6.45, 7) is 8.65. The molecule has 1 amide bonds. The molecule has 1 atom stereocenters. The Labute approximate surface area is 177 Å². The number of esters is 1. The van der Waals surface area contributed by atoms with Crippen LogP contribution >= 0.6 is 34.4 Å². The Morgan fingerprint density at radius 2 is 2.04 bits per heavy atom. The summed E-state index contributed by atoms with van der Waals surface area (Å²) in [6.07, 6.45) is 2.81. The van der Waals surface area contributed by atoms with E-state index >= 15 is 0 Å². The van der Waals surface area contributed by atoms with Crippen molar-refractivity contribution in [1.82, 2.24) is 10.2 Å². The Bertz CT molecular complexity index is 883. The first-order valence-corrected chi connectivity index (χ1v) is 11.8. The van der Waals surface area contributed by atoms with Crippen molar-refractivity contribution in [3.63, 3.8) is 0 Å². The van der Waals surface area contributed by atoms with Crippen molar-refractivity contribution >= 4 is 51.3 Å². The summed E-state index contributed by atoms with van der Waals surface area (Å²) in [4.78, 5) is 26.1. The molecule has 1 aliphatic carbocycles. The van der Waals surface area contributed by atoms with E-state index in [1.165, 1.54) is 46.4 Å². The first kappa shape index (κ1) is 21.3. The lowest BCUT2D eigenvalue weighted by Crippen LogP contribution is -2.26. The van der Waals surface area contributed by atoms with Crippen molar-refractivity contribution in [2.45, 2.75) is 51.3 Å². The van der Waals surface area contributed by atoms with Gasteiger partial charge in [0.2, 0.25) is 5.91 Å². The van der Waals surface area contributed by atoms with Crippen LogP contribution in [0.5, 0.6) is 0 Å². The minimum atomic E-state index is -0.380. The number of methoxy groups -OCH3 is 1. The third kappa shape index (κ3) is 4.75. The molecule has 152 valence electrons. The lowest BCUT2D eigenvalue weighted by atomic mass is 9.72. The van der Waals surface area contributed by atoms with Crippen LogP contribution < -0.4 is 5.32 Å². The van der Waals surface area contributed by atoms with E-state index in [0.29, 0.717) is 16.5 Å². The number of hydrogen-bond acceptors (Lipinski definition) is 8. The van der Waals surface area contributed by atoms with Gasteiger partial charge in [0.15, 0.2) is 4.34 Å². The van der Waals surface area contributed by atoms with Gasteiger partial charge in [-0.25, -0.2) is 4.79 Å². The molecule has 0 saturated carbocycles. The maximum Gasteiger partial charge on any atom is 0.341 e. The van der Waals surface area contributed by atoms with Crippen LogP contribution in [0.3, 0.4) is 0 Å². The fourth-order valence-corrected chi connectivity index (χ4v) is 6.31. The highest BCUT2D eigenvalue weighted by Gasteiger charge is 2.34. The molecule has 2 aromatic rings. The number of thioether (sulfide) groups is 1. The lowest BCUT2D eigenvalue weighted by molar-refractivity contribution is -0.113. The minimum absolute atomic E-state index is 0.158. The number of nitrogens with one attached hydrogen (secondary N) is 1. The number of amides is 1. The summed E-state index contributed by atoms with van der Waals surface area (Å²) in [5.41, 5.74) is 1.78. The van der Waals surface area contributed by atoms with Crippen LogP contribution in [-0.2, 0) is 22.4 Å². The average Bonchev–Trinajstić information content (AvgIpc) is 3.20. The molecular formula is C19H25N3O3S3. The van der Waals surface area contributed by atoms with E-state index in [0.717, 1.165) is 34.2 Å². The lowest BCUT2D eigenvalue weighted by Gasteiger charge is -2.33. The molecule has 0 saturated heterocycles. The Kier molecular flexibility index (Phi) is 6.46. The maximum absolute atomic E-state index is 12.5. The first-order valence-electron chi connectivity index (χ1n) is 9.14. The zero-order valence-corrected chi connectivity index (χ0v) is 19.2. The van der Waals surface area contributed by atoms with Gasteiger partial charge in [-0.2, -0.15) is 0 Å². The molecule has 6 nitrogen and oxygen atoms in total. The second-order valence-corrected chi connectivity index (χ2v) is 11.4. The number of aromatic nitrogens is 2. The van der Waals surface area contributed by atoms with Crippen molar-refractivity contribution in [3.8, 4) is 0 Å². The molecule has 0 aliphatic heterocycles. The fourth-order valence-electron chi connectivity index (χ4n) is 3.36. The summed E-state index contributed by atoms with van der Waals surface area (Å²) in [7, 11) is 1.38. The topological polar surface area (TPSA) is 81.2 Å². The van der Waals surface area contributed by atoms with Crippen molar-refractivity contribution in [2.24, 2.45) is 11.3 Å². The van der Waals surface area contributed by atoms with Crippen LogP contribution in [0.15, 0.2) is 4.34 Å². The second kappa shape index (κ2) is 8.51. The van der Waals surface area contributed by atoms with Gasteiger partial charge in [-0.3, -0.25) is 4.79 Å². The van der Waals surface area contributed by atoms with Crippen LogP contribution in [0.4, 0.5) is 5.00 Å². The Morgan fingerprint density at radius 3 is 2.64 bits per heavy atom. The number of anilines is 1. The summed E-state index contributed by atoms with van der Waals surface area (Å²) in [5.74, 6) is 0.245. The summed E-state index contributed by atoms with van der Waals surface area (Å²) >= 11 is 4.32. The zero-order valence-electron chi connectivity index (χ0n) is 16.7. The van der Waals surface area contributed by atoms with E-state index in [1.807, 2.05) is 6.92 Å². The number of carbonyl (C=O) groups excluding carboxylic acids is 2. The maximum atomic E-state index is 12.5. The van der Waals surface area contributed by atoms with Gasteiger partial charge in [0.05, 0.1) is 18.4 Å². The molecule has 0 bridgehead atoms. The number of ether oxygens (including phenoxy) is 1. The molecular weight excluding hydrogens is 414 g/mol. The first-order chi connectivity index (χ1) is 13.2. The molecule has 2 heterocycles. The quantitative estimate of drug-likeness (QED) is 0.543. The fraction of sp³-hybridized carbons (Fsp3) is 0.579. The number of rotatable bonds is 5. The SMILES string of the molecule is COC(=O)c1c(NC(=O)CSc2nnc(C)s2)sc2c1CC[C@H](C(C)(C)C)C2. The van der Waals surface area contributed by atoms with Gasteiger partial charge in [0, 0.05) is 4.88 Å². The molecule has 2 aromatic heterocycles. The highest BCUT2D eigenvalue weighted by Crippen LogP contribution is 2.44. The van der Waals surface area contributed by atoms with Crippen LogP contribution in [0.2, 0.25) is 0 Å². The van der Waals surface area contributed by atoms with Crippen molar-refractivity contribution in [3.05, 3.63) is 21.0 Å². The van der Waals surface area contributed by atoms with Gasteiger partial charge in [0.25, 0.3) is 0 Å². The van der Waals surface area contributed by atoms with E-state index in [1.54, 1.807) is 0 Å². The van der Waals surface area contributed by atoms with Crippen molar-refractivity contribution in [1.29, 1.82) is 0 Å². The Morgan fingerprint density at radius 1 is 1.29 bits per heavy atom. The smallest absolute Gasteiger partial charge is 0.341 e. The monoisotopic (exact) mass is 439 g/mol. The van der Waals surface area contributed by atoms with E-state index in [-0.39, 0.29) is 23.0 Å². The van der Waals surface area contributed by atoms with Gasteiger partial charge in [0.1, 0.15) is 10.0 Å². The van der Waals surface area contributed by atoms with Crippen LogP contribution in [0.1, 0.15) is 53.0 Å². The Hall–Kier alpha value is -1.45. The molecule has 9 heteroatoms. The van der Waals surface area contributed by atoms with E-state index in [9.17, 15) is 9.59 Å². The molecule has 0 fully saturated rings. The molecule has 0 radical (unpaired) electrons. The molecule has 1 N–H and O–H groups in total. The molecule has 0 unspecified atom stereocenters. The average molecular weight is 440 g/mol. The van der Waals surface area contributed by atoms with Gasteiger partial charge < -0.3 is 10.1 Å². The molecule has 1 aliphatic rings. The summed E-state index contributed by atoms with van der Waals surface area (Å²) in [5, 5.41) is 12.4. The van der Waals surface area contributed by atoms with Crippen LogP contribution in [-0.4, -0.2) is 34.9 Å². The van der Waals surface area contributed by atoms with Crippen molar-refractivity contribution < 1.29 is 14.3 Å². The Balaban J connectivity index is 1.77. The predicted molar refractivity (Wildman–Crippen MR) is 115 cm³/mol. The highest BCUT2D eigenvalue weighted by atomic mass is 32.2. The molecule has 3 rings (SSSR count). The molecule has 28 heavy (non-hydrogen) atoms. The zero-order chi connectivity index (χ0) is 20.5. The van der Waals surface area contributed by atoms with E-state index in [4.69, 9.17) is 4.74 Å². The van der Waals surface area contributed by atoms with Crippen molar-refractivity contribution in [2.75, 3.05) is 18.2 Å². The van der Waals surface area contributed by atoms with Gasteiger partial charge >= 0.3 is 5.97 Å².